The van der Waals surface area contributed by atoms with Crippen molar-refractivity contribution in [3.63, 3.8) is 0 Å². The smallest absolute Gasteiger partial charge is 0.274 e. The molecule has 2 aromatic carbocycles. The standard InChI is InChI=1S/C21H23FN6O/c1-27-10-12-28(13-11-27)18-8-6-17(7-9-18)23-21-24-20(29)19(25-26-21)14-15-2-4-16(22)5-3-15/h2-9H,10-14H2,1H3,(H2,23,24,26,29). The van der Waals surface area contributed by atoms with Crippen LogP contribution in [-0.2, 0) is 6.42 Å². The zero-order valence-corrected chi connectivity index (χ0v) is 16.2. The van der Waals surface area contributed by atoms with Gasteiger partial charge in [0.25, 0.3) is 5.56 Å². The van der Waals surface area contributed by atoms with Crippen LogP contribution in [0.2, 0.25) is 0 Å². The first-order valence-electron chi connectivity index (χ1n) is 9.58. The van der Waals surface area contributed by atoms with Gasteiger partial charge in [-0.1, -0.05) is 12.1 Å². The van der Waals surface area contributed by atoms with E-state index in [2.05, 4.69) is 49.5 Å². The maximum absolute atomic E-state index is 13.0. The fourth-order valence-electron chi connectivity index (χ4n) is 3.28. The van der Waals surface area contributed by atoms with E-state index in [1.807, 2.05) is 12.1 Å². The highest BCUT2D eigenvalue weighted by atomic mass is 19.1. The van der Waals surface area contributed by atoms with E-state index in [0.717, 1.165) is 37.4 Å². The summed E-state index contributed by atoms with van der Waals surface area (Å²) in [5.74, 6) is -0.0304. The Morgan fingerprint density at radius 1 is 1.00 bits per heavy atom. The molecule has 8 heteroatoms. The van der Waals surface area contributed by atoms with Crippen LogP contribution in [0, 0.1) is 5.82 Å². The monoisotopic (exact) mass is 394 g/mol. The molecule has 0 amide bonds. The van der Waals surface area contributed by atoms with Crippen LogP contribution in [0.3, 0.4) is 0 Å². The minimum absolute atomic E-state index is 0.283. The lowest BCUT2D eigenvalue weighted by molar-refractivity contribution is 0.313. The third kappa shape index (κ3) is 4.78. The average Bonchev–Trinajstić information content (AvgIpc) is 2.73. The second-order valence-corrected chi connectivity index (χ2v) is 7.21. The van der Waals surface area contributed by atoms with Gasteiger partial charge in [-0.05, 0) is 49.0 Å². The van der Waals surface area contributed by atoms with Gasteiger partial charge in [-0.2, -0.15) is 0 Å². The molecule has 1 aliphatic heterocycles. The molecular formula is C21H23FN6O. The van der Waals surface area contributed by atoms with E-state index < -0.39 is 0 Å². The predicted molar refractivity (Wildman–Crippen MR) is 111 cm³/mol. The van der Waals surface area contributed by atoms with Crippen LogP contribution in [0.1, 0.15) is 11.3 Å². The summed E-state index contributed by atoms with van der Waals surface area (Å²) in [4.78, 5) is 19.7. The number of H-pyrrole nitrogens is 1. The van der Waals surface area contributed by atoms with E-state index in [-0.39, 0.29) is 23.0 Å². The van der Waals surface area contributed by atoms with Crippen LogP contribution < -0.4 is 15.8 Å². The van der Waals surface area contributed by atoms with E-state index >= 15 is 0 Å². The maximum Gasteiger partial charge on any atom is 0.274 e. The molecule has 0 unspecified atom stereocenters. The first kappa shape index (κ1) is 19.1. The number of piperazine rings is 1. The molecule has 0 atom stereocenters. The molecule has 0 saturated carbocycles. The van der Waals surface area contributed by atoms with Crippen LogP contribution in [-0.4, -0.2) is 53.3 Å². The molecule has 150 valence electrons. The normalized spacial score (nSPS) is 14.8. The second kappa shape index (κ2) is 8.40. The Morgan fingerprint density at radius 3 is 2.34 bits per heavy atom. The van der Waals surface area contributed by atoms with Crippen molar-refractivity contribution in [2.75, 3.05) is 43.4 Å². The van der Waals surface area contributed by atoms with Gasteiger partial charge in [0.2, 0.25) is 5.95 Å². The molecule has 7 nitrogen and oxygen atoms in total. The molecule has 1 fully saturated rings. The largest absolute Gasteiger partial charge is 0.369 e. The highest BCUT2D eigenvalue weighted by Gasteiger charge is 2.14. The lowest BCUT2D eigenvalue weighted by Gasteiger charge is -2.34. The Kier molecular flexibility index (Phi) is 5.53. The first-order chi connectivity index (χ1) is 14.1. The lowest BCUT2D eigenvalue weighted by Crippen LogP contribution is -2.44. The Balaban J connectivity index is 1.41. The quantitative estimate of drug-likeness (QED) is 0.692. The third-order valence-corrected chi connectivity index (χ3v) is 5.05. The fourth-order valence-corrected chi connectivity index (χ4v) is 3.28. The highest BCUT2D eigenvalue weighted by molar-refractivity contribution is 5.59. The van der Waals surface area contributed by atoms with Crippen molar-refractivity contribution in [1.29, 1.82) is 0 Å². The van der Waals surface area contributed by atoms with Crippen LogP contribution in [0.15, 0.2) is 53.3 Å². The van der Waals surface area contributed by atoms with Gasteiger partial charge in [0.1, 0.15) is 11.5 Å². The van der Waals surface area contributed by atoms with Crippen molar-refractivity contribution in [1.82, 2.24) is 20.1 Å². The molecule has 0 spiro atoms. The van der Waals surface area contributed by atoms with E-state index in [4.69, 9.17) is 0 Å². The summed E-state index contributed by atoms with van der Waals surface area (Å²) in [5, 5.41) is 11.2. The van der Waals surface area contributed by atoms with Gasteiger partial charge in [0.05, 0.1) is 0 Å². The van der Waals surface area contributed by atoms with Gasteiger partial charge >= 0.3 is 0 Å². The minimum Gasteiger partial charge on any atom is -0.369 e. The Morgan fingerprint density at radius 2 is 1.69 bits per heavy atom. The van der Waals surface area contributed by atoms with Gasteiger partial charge < -0.3 is 15.1 Å². The number of likely N-dealkylation sites (N-methyl/N-ethyl adjacent to an activating group) is 1. The van der Waals surface area contributed by atoms with E-state index in [1.54, 1.807) is 12.1 Å². The van der Waals surface area contributed by atoms with Crippen LogP contribution >= 0.6 is 0 Å². The van der Waals surface area contributed by atoms with E-state index in [0.29, 0.717) is 6.42 Å². The summed E-state index contributed by atoms with van der Waals surface area (Å²) in [5.41, 5.74) is 2.76. The van der Waals surface area contributed by atoms with Crippen molar-refractivity contribution in [2.24, 2.45) is 0 Å². The van der Waals surface area contributed by atoms with E-state index in [9.17, 15) is 9.18 Å². The number of rotatable bonds is 5. The zero-order valence-electron chi connectivity index (χ0n) is 16.2. The molecule has 0 aliphatic carbocycles. The molecule has 1 saturated heterocycles. The van der Waals surface area contributed by atoms with Crippen molar-refractivity contribution in [3.8, 4) is 0 Å². The third-order valence-electron chi connectivity index (χ3n) is 5.05. The van der Waals surface area contributed by atoms with Crippen LogP contribution in [0.25, 0.3) is 0 Å². The maximum atomic E-state index is 13.0. The molecule has 1 aromatic heterocycles. The molecule has 0 radical (unpaired) electrons. The van der Waals surface area contributed by atoms with Crippen molar-refractivity contribution in [2.45, 2.75) is 6.42 Å². The summed E-state index contributed by atoms with van der Waals surface area (Å²) in [6, 6.07) is 14.0. The van der Waals surface area contributed by atoms with Crippen molar-refractivity contribution < 1.29 is 4.39 Å². The summed E-state index contributed by atoms with van der Waals surface area (Å²) >= 11 is 0. The van der Waals surface area contributed by atoms with Crippen LogP contribution in [0.4, 0.5) is 21.7 Å². The number of hydrogen-bond acceptors (Lipinski definition) is 6. The molecule has 4 rings (SSSR count). The molecule has 29 heavy (non-hydrogen) atoms. The van der Waals surface area contributed by atoms with Gasteiger partial charge in [-0.3, -0.25) is 9.78 Å². The predicted octanol–water partition coefficient (Wildman–Crippen LogP) is 2.39. The molecule has 2 N–H and O–H groups in total. The number of aromatic amines is 1. The summed E-state index contributed by atoms with van der Waals surface area (Å²) in [6.07, 6.45) is 0.294. The van der Waals surface area contributed by atoms with Gasteiger partial charge in [-0.15, -0.1) is 10.2 Å². The Hall–Kier alpha value is -3.26. The van der Waals surface area contributed by atoms with Crippen molar-refractivity contribution >= 4 is 17.3 Å². The summed E-state index contributed by atoms with van der Waals surface area (Å²) < 4.78 is 13.0. The fraction of sp³-hybridized carbons (Fsp3) is 0.286. The number of halogens is 1. The van der Waals surface area contributed by atoms with Gasteiger partial charge in [-0.25, -0.2) is 4.39 Å². The topological polar surface area (TPSA) is 77.2 Å². The molecule has 2 heterocycles. The lowest BCUT2D eigenvalue weighted by atomic mass is 10.1. The minimum atomic E-state index is -0.319. The zero-order chi connectivity index (χ0) is 20.2. The van der Waals surface area contributed by atoms with E-state index in [1.165, 1.54) is 17.8 Å². The first-order valence-corrected chi connectivity index (χ1v) is 9.58. The number of aromatic nitrogens is 3. The van der Waals surface area contributed by atoms with Crippen LogP contribution in [0.5, 0.6) is 0 Å². The average molecular weight is 394 g/mol. The SMILES string of the molecule is CN1CCN(c2ccc(Nc3nnc(Cc4ccc(F)cc4)c(=O)[nH]3)cc2)CC1. The summed E-state index contributed by atoms with van der Waals surface area (Å²) in [7, 11) is 2.14. The number of hydrogen-bond donors (Lipinski definition) is 2. The Bertz CT molecular complexity index is 1010. The van der Waals surface area contributed by atoms with Gasteiger partial charge in [0.15, 0.2) is 0 Å². The molecule has 1 aliphatic rings. The number of nitrogens with zero attached hydrogens (tertiary/aromatic N) is 4. The molecule has 0 bridgehead atoms. The van der Waals surface area contributed by atoms with Crippen molar-refractivity contribution in [3.05, 3.63) is 76.0 Å². The number of anilines is 3. The Labute approximate surface area is 168 Å². The highest BCUT2D eigenvalue weighted by Crippen LogP contribution is 2.20. The van der Waals surface area contributed by atoms with Gasteiger partial charge in [0, 0.05) is 44.0 Å². The number of nitrogens with one attached hydrogen (secondary N) is 2. The summed E-state index contributed by atoms with van der Waals surface area (Å²) in [6.45, 7) is 4.14. The second-order valence-electron chi connectivity index (χ2n) is 7.21. The number of benzene rings is 2. The molecular weight excluding hydrogens is 371 g/mol. The molecule has 3 aromatic rings.